The lowest BCUT2D eigenvalue weighted by Gasteiger charge is -2.55. The molecule has 0 aromatic rings. The van der Waals surface area contributed by atoms with Crippen LogP contribution in [0.3, 0.4) is 0 Å². The second kappa shape index (κ2) is 5.64. The Kier molecular flexibility index (Phi) is 3.39. The first-order valence-electron chi connectivity index (χ1n) is 12.6. The molecule has 0 spiro atoms. The second-order valence-electron chi connectivity index (χ2n) is 11.9. The minimum absolute atomic E-state index is 1.01. The molecule has 0 amide bonds. The van der Waals surface area contributed by atoms with Crippen LogP contribution in [0.5, 0.6) is 0 Å². The molecule has 142 valence electrons. The van der Waals surface area contributed by atoms with Gasteiger partial charge in [-0.2, -0.15) is 0 Å². The molecule has 0 radical (unpaired) electrons. The fourth-order valence-corrected chi connectivity index (χ4v) is 10.9. The summed E-state index contributed by atoms with van der Waals surface area (Å²) in [4.78, 5) is 0. The molecule has 7 aliphatic rings. The van der Waals surface area contributed by atoms with Crippen LogP contribution in [0.1, 0.15) is 77.0 Å². The van der Waals surface area contributed by atoms with Crippen LogP contribution in [0.4, 0.5) is 0 Å². The summed E-state index contributed by atoms with van der Waals surface area (Å²) in [7, 11) is 0. The van der Waals surface area contributed by atoms with Crippen LogP contribution in [0.15, 0.2) is 12.2 Å². The summed E-state index contributed by atoms with van der Waals surface area (Å²) in [5, 5.41) is 0. The van der Waals surface area contributed by atoms with Crippen molar-refractivity contribution in [3.8, 4) is 0 Å². The van der Waals surface area contributed by atoms with Gasteiger partial charge in [-0.15, -0.1) is 0 Å². The molecule has 6 saturated carbocycles. The van der Waals surface area contributed by atoms with Gasteiger partial charge in [0.25, 0.3) is 0 Å². The lowest BCUT2D eigenvalue weighted by molar-refractivity contribution is -0.0643. The van der Waals surface area contributed by atoms with Crippen LogP contribution in [0.2, 0.25) is 0 Å². The van der Waals surface area contributed by atoms with Crippen molar-refractivity contribution in [1.29, 1.82) is 0 Å². The van der Waals surface area contributed by atoms with E-state index in [4.69, 9.17) is 0 Å². The van der Waals surface area contributed by atoms with Crippen molar-refractivity contribution in [2.45, 2.75) is 77.0 Å². The molecule has 7 aliphatic carbocycles. The predicted octanol–water partition coefficient (Wildman–Crippen LogP) is 6.71. The Bertz CT molecular complexity index is 581. The van der Waals surface area contributed by atoms with Crippen LogP contribution < -0.4 is 0 Å². The number of rotatable bonds is 1. The third-order valence-corrected chi connectivity index (χ3v) is 11.3. The molecule has 6 fully saturated rings. The van der Waals surface area contributed by atoms with E-state index in [1.807, 2.05) is 0 Å². The van der Waals surface area contributed by atoms with E-state index < -0.39 is 0 Å². The Morgan fingerprint density at radius 1 is 0.423 bits per heavy atom. The van der Waals surface area contributed by atoms with Crippen LogP contribution in [0.25, 0.3) is 0 Å². The van der Waals surface area contributed by atoms with Crippen LogP contribution in [0, 0.1) is 71.0 Å². The summed E-state index contributed by atoms with van der Waals surface area (Å²) in [6.45, 7) is 0. The van der Waals surface area contributed by atoms with Crippen LogP contribution >= 0.6 is 0 Å². The Balaban J connectivity index is 1.23. The Labute approximate surface area is 160 Å². The summed E-state index contributed by atoms with van der Waals surface area (Å²) in [6, 6.07) is 0. The van der Waals surface area contributed by atoms with Crippen molar-refractivity contribution in [3.05, 3.63) is 12.2 Å². The van der Waals surface area contributed by atoms with Gasteiger partial charge in [0.1, 0.15) is 0 Å². The van der Waals surface area contributed by atoms with Gasteiger partial charge in [-0.25, -0.2) is 0 Å². The zero-order chi connectivity index (χ0) is 16.8. The Hall–Kier alpha value is -0.260. The highest BCUT2D eigenvalue weighted by molar-refractivity contribution is 5.21. The fraction of sp³-hybridized carbons (Fsp3) is 0.923. The molecule has 0 aromatic carbocycles. The van der Waals surface area contributed by atoms with E-state index in [-0.39, 0.29) is 0 Å². The summed E-state index contributed by atoms with van der Waals surface area (Å²) >= 11 is 0. The molecule has 7 rings (SSSR count). The molecule has 26 heavy (non-hydrogen) atoms. The minimum Gasteiger partial charge on any atom is -0.0848 e. The topological polar surface area (TPSA) is 0 Å². The molecule has 0 N–H and O–H groups in total. The van der Waals surface area contributed by atoms with Gasteiger partial charge in [-0.1, -0.05) is 50.7 Å². The maximum Gasteiger partial charge on any atom is -0.0194 e. The van der Waals surface area contributed by atoms with Gasteiger partial charge >= 0.3 is 0 Å². The molecule has 0 aliphatic heterocycles. The molecule has 11 unspecified atom stereocenters. The first-order valence-corrected chi connectivity index (χ1v) is 12.6. The summed E-state index contributed by atoms with van der Waals surface area (Å²) in [6.07, 6.45) is 24.5. The third-order valence-electron chi connectivity index (χ3n) is 11.3. The highest BCUT2D eigenvalue weighted by Gasteiger charge is 2.63. The van der Waals surface area contributed by atoms with Crippen LogP contribution in [-0.2, 0) is 0 Å². The molecule has 0 nitrogen and oxygen atoms in total. The van der Waals surface area contributed by atoms with Crippen molar-refractivity contribution in [2.75, 3.05) is 0 Å². The summed E-state index contributed by atoms with van der Waals surface area (Å²) in [5.74, 6) is 13.5. The zero-order valence-electron chi connectivity index (χ0n) is 16.6. The SMILES string of the molecule is C1=CC2CC1C1C3CC(C4C5CCCCC5CC5CCCCC54)C(C3)C21. The van der Waals surface area contributed by atoms with Crippen molar-refractivity contribution in [1.82, 2.24) is 0 Å². The molecular formula is C26H38. The second-order valence-corrected chi connectivity index (χ2v) is 11.9. The molecular weight excluding hydrogens is 312 g/mol. The highest BCUT2D eigenvalue weighted by Crippen LogP contribution is 2.70. The first-order chi connectivity index (χ1) is 12.9. The fourth-order valence-electron chi connectivity index (χ4n) is 10.9. The maximum atomic E-state index is 2.66. The van der Waals surface area contributed by atoms with E-state index in [2.05, 4.69) is 12.2 Å². The average Bonchev–Trinajstić information content (AvgIpc) is 3.45. The van der Waals surface area contributed by atoms with Gasteiger partial charge in [-0.05, 0) is 110 Å². The van der Waals surface area contributed by atoms with E-state index in [0.29, 0.717) is 0 Å². The highest BCUT2D eigenvalue weighted by atomic mass is 14.7. The maximum absolute atomic E-state index is 2.66. The molecule has 0 heteroatoms. The molecule has 0 heterocycles. The molecule has 11 atom stereocenters. The minimum atomic E-state index is 1.01. The third kappa shape index (κ3) is 1.98. The number of hydrogen-bond donors (Lipinski definition) is 0. The molecule has 0 aromatic heterocycles. The Morgan fingerprint density at radius 3 is 1.69 bits per heavy atom. The van der Waals surface area contributed by atoms with Gasteiger partial charge in [0.2, 0.25) is 0 Å². The van der Waals surface area contributed by atoms with Gasteiger partial charge in [-0.3, -0.25) is 0 Å². The normalized spacial score (nSPS) is 62.2. The van der Waals surface area contributed by atoms with Gasteiger partial charge in [0.05, 0.1) is 0 Å². The van der Waals surface area contributed by atoms with Gasteiger partial charge < -0.3 is 0 Å². The Morgan fingerprint density at radius 2 is 1.00 bits per heavy atom. The van der Waals surface area contributed by atoms with Crippen molar-refractivity contribution in [2.24, 2.45) is 71.0 Å². The lowest BCUT2D eigenvalue weighted by atomic mass is 9.49. The van der Waals surface area contributed by atoms with Crippen molar-refractivity contribution >= 4 is 0 Å². The number of hydrogen-bond acceptors (Lipinski definition) is 0. The van der Waals surface area contributed by atoms with Gasteiger partial charge in [0, 0.05) is 0 Å². The van der Waals surface area contributed by atoms with E-state index in [9.17, 15) is 0 Å². The summed E-state index contributed by atoms with van der Waals surface area (Å²) in [5.41, 5.74) is 0. The monoisotopic (exact) mass is 350 g/mol. The average molecular weight is 351 g/mol. The molecule has 0 saturated heterocycles. The smallest absolute Gasteiger partial charge is 0.0194 e. The van der Waals surface area contributed by atoms with E-state index in [0.717, 1.165) is 65.1 Å². The number of fused-ring (bicyclic) bond motifs is 11. The number of allylic oxidation sites excluding steroid dienone is 2. The van der Waals surface area contributed by atoms with E-state index in [1.165, 1.54) is 5.92 Å². The van der Waals surface area contributed by atoms with E-state index in [1.54, 1.807) is 77.0 Å². The van der Waals surface area contributed by atoms with Crippen LogP contribution in [-0.4, -0.2) is 0 Å². The van der Waals surface area contributed by atoms with Crippen molar-refractivity contribution in [3.63, 3.8) is 0 Å². The van der Waals surface area contributed by atoms with Crippen molar-refractivity contribution < 1.29 is 0 Å². The van der Waals surface area contributed by atoms with Gasteiger partial charge in [0.15, 0.2) is 0 Å². The van der Waals surface area contributed by atoms with E-state index >= 15 is 0 Å². The lowest BCUT2D eigenvalue weighted by Crippen LogP contribution is -2.48. The molecule has 4 bridgehead atoms. The summed E-state index contributed by atoms with van der Waals surface area (Å²) < 4.78 is 0. The largest absolute Gasteiger partial charge is 0.0848 e. The predicted molar refractivity (Wildman–Crippen MR) is 106 cm³/mol. The standard InChI is InChI=1S/C26H38/c1-3-7-20-15(5-1)11-16-6-2-4-8-21(16)26(20)23-14-19-13-22(23)25-18-10-9-17(12-18)24(19)25/h9-10,15-26H,1-8,11-14H2. The zero-order valence-corrected chi connectivity index (χ0v) is 16.6. The first kappa shape index (κ1) is 15.6. The quantitative estimate of drug-likeness (QED) is 0.364.